The predicted molar refractivity (Wildman–Crippen MR) is 102 cm³/mol. The van der Waals surface area contributed by atoms with Crippen molar-refractivity contribution in [2.45, 2.75) is 25.9 Å². The van der Waals surface area contributed by atoms with Gasteiger partial charge in [0.1, 0.15) is 5.82 Å². The number of rotatable bonds is 3. The zero-order chi connectivity index (χ0) is 17.2. The van der Waals surface area contributed by atoms with Gasteiger partial charge in [-0.05, 0) is 55.7 Å². The lowest BCUT2D eigenvalue weighted by atomic mass is 10.0. The lowest BCUT2D eigenvalue weighted by molar-refractivity contribution is 0.188. The van der Waals surface area contributed by atoms with Crippen molar-refractivity contribution in [2.24, 2.45) is 0 Å². The molecule has 1 saturated heterocycles. The van der Waals surface area contributed by atoms with Crippen molar-refractivity contribution < 1.29 is 4.29 Å². The fourth-order valence-electron chi connectivity index (χ4n) is 3.28. The van der Waals surface area contributed by atoms with Gasteiger partial charge in [-0.3, -0.25) is 9.27 Å². The Morgan fingerprint density at radius 1 is 1.04 bits per heavy atom. The first kappa shape index (κ1) is 16.3. The molecule has 0 saturated carbocycles. The summed E-state index contributed by atoms with van der Waals surface area (Å²) in [6, 6.07) is 14.8. The van der Waals surface area contributed by atoms with Gasteiger partial charge in [0.25, 0.3) is 0 Å². The standard InChI is InChI=1S/C20H20ClN3O/c1-14-2-3-17(13-22-14)15-4-6-19-16(12-15)5-7-20(23-19)24-10-8-18(25-21)9-11-24/h2-7,12-13,18H,8-11H2,1H3. The van der Waals surface area contributed by atoms with Crippen LogP contribution < -0.4 is 4.90 Å². The molecular weight excluding hydrogens is 334 g/mol. The van der Waals surface area contributed by atoms with Crippen LogP contribution in [-0.2, 0) is 4.29 Å². The zero-order valence-corrected chi connectivity index (χ0v) is 14.9. The fraction of sp³-hybridized carbons (Fsp3) is 0.300. The van der Waals surface area contributed by atoms with Gasteiger partial charge >= 0.3 is 0 Å². The highest BCUT2D eigenvalue weighted by atomic mass is 35.5. The third-order valence-corrected chi connectivity index (χ3v) is 5.06. The number of nitrogens with zero attached hydrogens (tertiary/aromatic N) is 3. The SMILES string of the molecule is Cc1ccc(-c2ccc3nc(N4CCC(OCl)CC4)ccc3c2)cn1. The lowest BCUT2D eigenvalue weighted by Gasteiger charge is -2.31. The summed E-state index contributed by atoms with van der Waals surface area (Å²) in [4.78, 5) is 11.5. The summed E-state index contributed by atoms with van der Waals surface area (Å²) in [5.74, 6) is 1.02. The second-order valence-corrected chi connectivity index (χ2v) is 6.72. The van der Waals surface area contributed by atoms with Gasteiger partial charge in [0.05, 0.1) is 23.5 Å². The molecule has 128 valence electrons. The van der Waals surface area contributed by atoms with E-state index in [1.165, 1.54) is 0 Å². The van der Waals surface area contributed by atoms with Crippen LogP contribution in [0.15, 0.2) is 48.7 Å². The Bertz CT molecular complexity index is 874. The monoisotopic (exact) mass is 353 g/mol. The van der Waals surface area contributed by atoms with E-state index in [1.807, 2.05) is 19.2 Å². The molecule has 3 heterocycles. The molecule has 2 aromatic heterocycles. The number of hydrogen-bond donors (Lipinski definition) is 0. The van der Waals surface area contributed by atoms with Gasteiger partial charge in [-0.25, -0.2) is 4.98 Å². The maximum atomic E-state index is 5.49. The average molecular weight is 354 g/mol. The number of pyridine rings is 2. The van der Waals surface area contributed by atoms with Gasteiger partial charge in [0.2, 0.25) is 0 Å². The first-order valence-electron chi connectivity index (χ1n) is 8.59. The highest BCUT2D eigenvalue weighted by molar-refractivity contribution is 6.07. The van der Waals surface area contributed by atoms with Crippen molar-refractivity contribution in [3.05, 3.63) is 54.4 Å². The molecule has 0 bridgehead atoms. The number of aromatic nitrogens is 2. The summed E-state index contributed by atoms with van der Waals surface area (Å²) in [5, 5.41) is 1.14. The molecule has 0 radical (unpaired) electrons. The van der Waals surface area contributed by atoms with Crippen LogP contribution in [-0.4, -0.2) is 29.2 Å². The third-order valence-electron chi connectivity index (χ3n) is 4.81. The van der Waals surface area contributed by atoms with E-state index in [2.05, 4.69) is 46.3 Å². The Hall–Kier alpha value is -2.17. The highest BCUT2D eigenvalue weighted by Crippen LogP contribution is 2.26. The Morgan fingerprint density at radius 3 is 2.56 bits per heavy atom. The van der Waals surface area contributed by atoms with E-state index >= 15 is 0 Å². The van der Waals surface area contributed by atoms with Crippen LogP contribution in [0.5, 0.6) is 0 Å². The first-order chi connectivity index (χ1) is 12.2. The summed E-state index contributed by atoms with van der Waals surface area (Å²) in [5.41, 5.74) is 4.32. The van der Waals surface area contributed by atoms with Gasteiger partial charge in [-0.2, -0.15) is 0 Å². The summed E-state index contributed by atoms with van der Waals surface area (Å²) >= 11 is 5.49. The first-order valence-corrected chi connectivity index (χ1v) is 8.90. The summed E-state index contributed by atoms with van der Waals surface area (Å²) in [6.07, 6.45) is 3.94. The van der Waals surface area contributed by atoms with Gasteiger partial charge in [-0.1, -0.05) is 12.1 Å². The maximum Gasteiger partial charge on any atom is 0.129 e. The fourth-order valence-corrected chi connectivity index (χ4v) is 3.46. The molecule has 0 N–H and O–H groups in total. The lowest BCUT2D eigenvalue weighted by Crippen LogP contribution is -2.36. The molecule has 1 aromatic carbocycles. The van der Waals surface area contributed by atoms with Crippen molar-refractivity contribution in [1.82, 2.24) is 9.97 Å². The van der Waals surface area contributed by atoms with Crippen LogP contribution in [0, 0.1) is 6.92 Å². The van der Waals surface area contributed by atoms with Crippen molar-refractivity contribution in [3.8, 4) is 11.1 Å². The Labute approximate surface area is 152 Å². The number of halogens is 1. The zero-order valence-electron chi connectivity index (χ0n) is 14.2. The minimum absolute atomic E-state index is 0.157. The normalized spacial score (nSPS) is 15.7. The average Bonchev–Trinajstić information content (AvgIpc) is 2.68. The number of piperidine rings is 1. The third kappa shape index (κ3) is 3.46. The summed E-state index contributed by atoms with van der Waals surface area (Å²) < 4.78 is 4.93. The van der Waals surface area contributed by atoms with E-state index in [-0.39, 0.29) is 6.10 Å². The number of aryl methyl sites for hydroxylation is 1. The molecule has 3 aromatic rings. The molecular formula is C20H20ClN3O. The molecule has 0 atom stereocenters. The van der Waals surface area contributed by atoms with Crippen molar-refractivity contribution in [2.75, 3.05) is 18.0 Å². The Balaban J connectivity index is 1.60. The molecule has 0 unspecified atom stereocenters. The molecule has 0 aliphatic carbocycles. The summed E-state index contributed by atoms with van der Waals surface area (Å²) in [7, 11) is 0. The number of anilines is 1. The van der Waals surface area contributed by atoms with Gasteiger partial charge in [0, 0.05) is 35.9 Å². The molecule has 1 aliphatic heterocycles. The van der Waals surface area contributed by atoms with Crippen molar-refractivity contribution >= 4 is 28.6 Å². The molecule has 4 rings (SSSR count). The van der Waals surface area contributed by atoms with E-state index in [1.54, 1.807) is 0 Å². The smallest absolute Gasteiger partial charge is 0.129 e. The second kappa shape index (κ2) is 6.98. The van der Waals surface area contributed by atoms with Gasteiger partial charge in [0.15, 0.2) is 0 Å². The van der Waals surface area contributed by atoms with Crippen LogP contribution >= 0.6 is 11.9 Å². The highest BCUT2D eigenvalue weighted by Gasteiger charge is 2.20. The molecule has 1 fully saturated rings. The van der Waals surface area contributed by atoms with Crippen LogP contribution in [0.25, 0.3) is 22.0 Å². The van der Waals surface area contributed by atoms with Crippen molar-refractivity contribution in [1.29, 1.82) is 0 Å². The number of fused-ring (bicyclic) bond motifs is 1. The molecule has 25 heavy (non-hydrogen) atoms. The topological polar surface area (TPSA) is 38.2 Å². The van der Waals surface area contributed by atoms with Crippen LogP contribution in [0.2, 0.25) is 0 Å². The largest absolute Gasteiger partial charge is 0.356 e. The maximum absolute atomic E-state index is 5.49. The molecule has 1 aliphatic rings. The van der Waals surface area contributed by atoms with E-state index in [9.17, 15) is 0 Å². The van der Waals surface area contributed by atoms with Gasteiger partial charge in [-0.15, -0.1) is 0 Å². The second-order valence-electron chi connectivity index (χ2n) is 6.54. The number of hydrogen-bond acceptors (Lipinski definition) is 4. The minimum Gasteiger partial charge on any atom is -0.356 e. The van der Waals surface area contributed by atoms with Crippen LogP contribution in [0.3, 0.4) is 0 Å². The predicted octanol–water partition coefficient (Wildman–Crippen LogP) is 4.74. The van der Waals surface area contributed by atoms with E-state index < -0.39 is 0 Å². The molecule has 4 nitrogen and oxygen atoms in total. The summed E-state index contributed by atoms with van der Waals surface area (Å²) in [6.45, 7) is 3.84. The van der Waals surface area contributed by atoms with Crippen LogP contribution in [0.1, 0.15) is 18.5 Å². The molecule has 5 heteroatoms. The van der Waals surface area contributed by atoms with Crippen molar-refractivity contribution in [3.63, 3.8) is 0 Å². The van der Waals surface area contributed by atoms with Gasteiger partial charge < -0.3 is 4.90 Å². The minimum atomic E-state index is 0.157. The Kier molecular flexibility index (Phi) is 4.55. The van der Waals surface area contributed by atoms with Crippen LogP contribution in [0.4, 0.5) is 5.82 Å². The number of benzene rings is 1. The molecule has 0 amide bonds. The Morgan fingerprint density at radius 2 is 1.84 bits per heavy atom. The quantitative estimate of drug-likeness (QED) is 0.681. The van der Waals surface area contributed by atoms with E-state index in [0.717, 1.165) is 59.5 Å². The van der Waals surface area contributed by atoms with E-state index in [0.29, 0.717) is 0 Å². The van der Waals surface area contributed by atoms with E-state index in [4.69, 9.17) is 21.1 Å². The molecule has 0 spiro atoms.